The Kier molecular flexibility index (Phi) is 8.53. The van der Waals surface area contributed by atoms with Gasteiger partial charge in [0.05, 0.1) is 11.4 Å². The van der Waals surface area contributed by atoms with E-state index in [1.807, 2.05) is 70.1 Å². The van der Waals surface area contributed by atoms with Gasteiger partial charge in [0.25, 0.3) is 11.5 Å². The van der Waals surface area contributed by atoms with Crippen molar-refractivity contribution in [3.05, 3.63) is 136 Å². The zero-order chi connectivity index (χ0) is 31.5. The maximum atomic E-state index is 13.8. The third-order valence-electron chi connectivity index (χ3n) is 9.46. The Morgan fingerprint density at radius 2 is 1.57 bits per heavy atom. The highest BCUT2D eigenvalue weighted by atomic mass is 16.2. The van der Waals surface area contributed by atoms with E-state index in [4.69, 9.17) is 0 Å². The third kappa shape index (κ3) is 6.53. The molecule has 1 N–H and O–H groups in total. The van der Waals surface area contributed by atoms with Gasteiger partial charge in [-0.25, -0.2) is 0 Å². The van der Waals surface area contributed by atoms with E-state index in [9.17, 15) is 14.4 Å². The number of benzene rings is 3. The second kappa shape index (κ2) is 13.2. The lowest BCUT2D eigenvalue weighted by molar-refractivity contribution is -0.111. The lowest BCUT2D eigenvalue weighted by Gasteiger charge is -2.44. The van der Waals surface area contributed by atoms with Crippen molar-refractivity contribution >= 4 is 29.3 Å². The Labute approximate surface area is 269 Å². The van der Waals surface area contributed by atoms with Crippen LogP contribution in [0.2, 0.25) is 0 Å². The van der Waals surface area contributed by atoms with Crippen molar-refractivity contribution in [1.29, 1.82) is 0 Å². The molecule has 3 aliphatic heterocycles. The molecule has 1 aromatic heterocycles. The van der Waals surface area contributed by atoms with Crippen LogP contribution in [0.4, 0.5) is 11.4 Å². The Hall–Kier alpha value is -4.95. The molecule has 234 valence electrons. The minimum atomic E-state index is -0.252. The first kappa shape index (κ1) is 29.7. The second-order valence-corrected chi connectivity index (χ2v) is 12.6. The molecule has 46 heavy (non-hydrogen) atoms. The van der Waals surface area contributed by atoms with Gasteiger partial charge in [0, 0.05) is 81.7 Å². The van der Waals surface area contributed by atoms with Crippen molar-refractivity contribution in [2.45, 2.75) is 25.4 Å². The van der Waals surface area contributed by atoms with Gasteiger partial charge in [-0.15, -0.1) is 0 Å². The molecule has 2 amide bonds. The van der Waals surface area contributed by atoms with Crippen molar-refractivity contribution in [1.82, 2.24) is 14.4 Å². The summed E-state index contributed by atoms with van der Waals surface area (Å²) in [6, 6.07) is 31.4. The van der Waals surface area contributed by atoms with E-state index < -0.39 is 0 Å². The quantitative estimate of drug-likeness (QED) is 0.294. The fourth-order valence-corrected chi connectivity index (χ4v) is 7.18. The number of aromatic nitrogens is 1. The molecule has 2 saturated heterocycles. The average molecular weight is 614 g/mol. The minimum Gasteiger partial charge on any atom is -0.369 e. The van der Waals surface area contributed by atoms with Crippen molar-refractivity contribution in [3.8, 4) is 0 Å². The Morgan fingerprint density at radius 3 is 2.35 bits per heavy atom. The highest BCUT2D eigenvalue weighted by molar-refractivity contribution is 6.05. The highest BCUT2D eigenvalue weighted by Crippen LogP contribution is 2.39. The third-order valence-corrected chi connectivity index (χ3v) is 9.46. The number of rotatable bonds is 7. The van der Waals surface area contributed by atoms with Crippen LogP contribution in [0.25, 0.3) is 6.08 Å². The molecule has 2 fully saturated rings. The summed E-state index contributed by atoms with van der Waals surface area (Å²) in [6.45, 7) is 6.02. The van der Waals surface area contributed by atoms with Gasteiger partial charge in [0.2, 0.25) is 5.91 Å². The highest BCUT2D eigenvalue weighted by Gasteiger charge is 2.35. The molecular formula is C38H39N5O3. The molecule has 8 heteroatoms. The van der Waals surface area contributed by atoms with Gasteiger partial charge >= 0.3 is 0 Å². The summed E-state index contributed by atoms with van der Waals surface area (Å²) in [4.78, 5) is 46.2. The molecule has 0 aliphatic carbocycles. The molecule has 2 unspecified atom stereocenters. The van der Waals surface area contributed by atoms with Gasteiger partial charge in [0.15, 0.2) is 0 Å². The number of piperidine rings is 1. The lowest BCUT2D eigenvalue weighted by atomic mass is 9.83. The van der Waals surface area contributed by atoms with E-state index in [2.05, 4.69) is 45.4 Å². The predicted octanol–water partition coefficient (Wildman–Crippen LogP) is 5.08. The van der Waals surface area contributed by atoms with E-state index >= 15 is 0 Å². The van der Waals surface area contributed by atoms with Crippen molar-refractivity contribution in [2.75, 3.05) is 49.5 Å². The number of nitrogens with zero attached hydrogens (tertiary/aromatic N) is 4. The van der Waals surface area contributed by atoms with E-state index in [1.54, 1.807) is 12.1 Å². The monoisotopic (exact) mass is 613 g/mol. The van der Waals surface area contributed by atoms with Crippen molar-refractivity contribution in [2.24, 2.45) is 5.92 Å². The first-order valence-electron chi connectivity index (χ1n) is 16.2. The van der Waals surface area contributed by atoms with Crippen LogP contribution in [-0.2, 0) is 17.9 Å². The van der Waals surface area contributed by atoms with Crippen LogP contribution < -0.4 is 15.8 Å². The van der Waals surface area contributed by atoms with E-state index in [1.165, 1.54) is 11.6 Å². The Balaban J connectivity index is 1.11. The second-order valence-electron chi connectivity index (χ2n) is 12.6. The topological polar surface area (TPSA) is 77.9 Å². The standard InChI is InChI=1S/C38H39N5O3/c44-36(17-14-28-8-3-1-4-9-28)39-33-23-31(38(46)41-20-18-40(19-21-41)24-29-10-5-2-6-11-29)15-16-35(33)42-25-30-22-32(27-42)34-12-7-13-37(45)43(34)26-30/h1-17,23,30,32H,18-22,24-27H2,(H,39,44). The van der Waals surface area contributed by atoms with Crippen LogP contribution in [0.5, 0.6) is 0 Å². The van der Waals surface area contributed by atoms with Gasteiger partial charge in [-0.1, -0.05) is 66.7 Å². The van der Waals surface area contributed by atoms with Gasteiger partial charge in [-0.3, -0.25) is 19.3 Å². The maximum absolute atomic E-state index is 13.8. The first-order chi connectivity index (χ1) is 22.5. The number of fused-ring (bicyclic) bond motifs is 4. The number of carbonyl (C=O) groups excluding carboxylic acids is 2. The molecule has 4 heterocycles. The smallest absolute Gasteiger partial charge is 0.254 e. The maximum Gasteiger partial charge on any atom is 0.254 e. The number of anilines is 2. The van der Waals surface area contributed by atoms with E-state index in [0.717, 1.165) is 56.1 Å². The summed E-state index contributed by atoms with van der Waals surface area (Å²) in [7, 11) is 0. The predicted molar refractivity (Wildman–Crippen MR) is 182 cm³/mol. The van der Waals surface area contributed by atoms with Crippen molar-refractivity contribution < 1.29 is 9.59 Å². The van der Waals surface area contributed by atoms with E-state index in [0.29, 0.717) is 36.8 Å². The number of nitrogens with one attached hydrogen (secondary N) is 1. The van der Waals surface area contributed by atoms with Crippen LogP contribution in [0, 0.1) is 5.92 Å². The van der Waals surface area contributed by atoms with E-state index in [-0.39, 0.29) is 23.3 Å². The summed E-state index contributed by atoms with van der Waals surface area (Å²) < 4.78 is 1.93. The number of amides is 2. The molecule has 2 atom stereocenters. The molecule has 4 aromatic rings. The zero-order valence-electron chi connectivity index (χ0n) is 25.9. The van der Waals surface area contributed by atoms with Crippen LogP contribution in [-0.4, -0.2) is 65.4 Å². The summed E-state index contributed by atoms with van der Waals surface area (Å²) in [5.41, 5.74) is 5.43. The molecule has 0 saturated carbocycles. The van der Waals surface area contributed by atoms with Gasteiger partial charge in [-0.2, -0.15) is 0 Å². The number of hydrogen-bond donors (Lipinski definition) is 1. The molecule has 8 nitrogen and oxygen atoms in total. The zero-order valence-corrected chi connectivity index (χ0v) is 25.9. The minimum absolute atomic E-state index is 0.0231. The number of piperazine rings is 1. The molecule has 2 bridgehead atoms. The summed E-state index contributed by atoms with van der Waals surface area (Å²) >= 11 is 0. The average Bonchev–Trinajstić information content (AvgIpc) is 3.09. The SMILES string of the molecule is O=C(C=Cc1ccccc1)Nc1cc(C(=O)N2CCN(Cc3ccccc3)CC2)ccc1N1CC2CC(C1)c1cccc(=O)n1C2. The molecule has 7 rings (SSSR count). The van der Waals surface area contributed by atoms with Crippen LogP contribution in [0.15, 0.2) is 108 Å². The number of hydrogen-bond acceptors (Lipinski definition) is 5. The summed E-state index contributed by atoms with van der Waals surface area (Å²) in [5.74, 6) is 0.265. The summed E-state index contributed by atoms with van der Waals surface area (Å²) in [6.07, 6.45) is 4.36. The fourth-order valence-electron chi connectivity index (χ4n) is 7.18. The molecule has 3 aromatic carbocycles. The van der Waals surface area contributed by atoms with Gasteiger partial charge < -0.3 is 19.7 Å². The first-order valence-corrected chi connectivity index (χ1v) is 16.2. The van der Waals surface area contributed by atoms with Crippen molar-refractivity contribution in [3.63, 3.8) is 0 Å². The number of carbonyl (C=O) groups is 2. The molecular weight excluding hydrogens is 574 g/mol. The van der Waals surface area contributed by atoms with Gasteiger partial charge in [-0.05, 0) is 53.8 Å². The Morgan fingerprint density at radius 1 is 0.804 bits per heavy atom. The number of pyridine rings is 1. The fraction of sp³-hybridized carbons (Fsp3) is 0.289. The summed E-state index contributed by atoms with van der Waals surface area (Å²) in [5, 5.41) is 3.10. The largest absolute Gasteiger partial charge is 0.369 e. The van der Waals surface area contributed by atoms with Crippen LogP contribution in [0.3, 0.4) is 0 Å². The van der Waals surface area contributed by atoms with Crippen LogP contribution >= 0.6 is 0 Å². The lowest BCUT2D eigenvalue weighted by Crippen LogP contribution is -2.48. The van der Waals surface area contributed by atoms with Crippen LogP contribution in [0.1, 0.15) is 39.5 Å². The Bertz CT molecular complexity index is 1790. The molecule has 3 aliphatic rings. The van der Waals surface area contributed by atoms with Gasteiger partial charge in [0.1, 0.15) is 0 Å². The normalized spacial score (nSPS) is 19.6. The molecule has 0 spiro atoms. The molecule has 0 radical (unpaired) electrons.